The third-order valence-electron chi connectivity index (χ3n) is 4.86. The lowest BCUT2D eigenvalue weighted by Crippen LogP contribution is -2.39. The van der Waals surface area contributed by atoms with Gasteiger partial charge < -0.3 is 15.4 Å². The topological polar surface area (TPSA) is 76.4 Å². The number of aromatic nitrogens is 3. The maximum Gasteiger partial charge on any atom is 0.191 e. The summed E-state index contributed by atoms with van der Waals surface area (Å²) in [6, 6.07) is 5.88. The van der Waals surface area contributed by atoms with Crippen LogP contribution >= 0.6 is 24.0 Å². The number of hydrogen-bond donors (Lipinski definition) is 2. The Morgan fingerprint density at radius 1 is 1.21 bits per heavy atom. The number of nitrogens with one attached hydrogen (secondary N) is 2. The van der Waals surface area contributed by atoms with Crippen LogP contribution in [0.2, 0.25) is 0 Å². The van der Waals surface area contributed by atoms with Crippen molar-refractivity contribution in [2.75, 3.05) is 19.7 Å². The molecular formula is C21H33IN6O. The van der Waals surface area contributed by atoms with E-state index in [-0.39, 0.29) is 24.0 Å². The number of hydrogen-bond acceptors (Lipinski definition) is 4. The smallest absolute Gasteiger partial charge is 0.191 e. The summed E-state index contributed by atoms with van der Waals surface area (Å²) < 4.78 is 7.80. The first-order valence-corrected chi connectivity index (χ1v) is 10.4. The summed E-state index contributed by atoms with van der Waals surface area (Å²) >= 11 is 0. The lowest BCUT2D eigenvalue weighted by molar-refractivity contribution is 0.0468. The Kier molecular flexibility index (Phi) is 11.0. The molecule has 8 heteroatoms. The molecule has 0 spiro atoms. The molecule has 0 bridgehead atoms. The highest BCUT2D eigenvalue weighted by molar-refractivity contribution is 14.0. The van der Waals surface area contributed by atoms with E-state index >= 15 is 0 Å². The standard InChI is InChI=1S/C21H32N6O.HI/c1-2-22-21(24-13-15-28-19-8-5-3-4-6-9-19)25-17-18-10-12-23-20(16-18)27-14-7-11-26-27;/h7,10-12,14,16,19H,2-6,8-9,13,15,17H2,1H3,(H2,22,24,25);1H. The highest BCUT2D eigenvalue weighted by Gasteiger charge is 2.12. The Balaban J connectivity index is 0.00000300. The van der Waals surface area contributed by atoms with E-state index in [1.54, 1.807) is 17.1 Å². The van der Waals surface area contributed by atoms with Crippen molar-refractivity contribution >= 4 is 29.9 Å². The number of pyridine rings is 1. The molecule has 2 aromatic heterocycles. The van der Waals surface area contributed by atoms with E-state index in [0.717, 1.165) is 30.4 Å². The summed E-state index contributed by atoms with van der Waals surface area (Å²) in [6.45, 7) is 4.95. The molecule has 7 nitrogen and oxygen atoms in total. The number of nitrogens with zero attached hydrogens (tertiary/aromatic N) is 4. The molecule has 0 radical (unpaired) electrons. The van der Waals surface area contributed by atoms with Gasteiger partial charge in [0.25, 0.3) is 0 Å². The molecule has 1 fully saturated rings. The highest BCUT2D eigenvalue weighted by Crippen LogP contribution is 2.19. The van der Waals surface area contributed by atoms with E-state index < -0.39 is 0 Å². The second-order valence-electron chi connectivity index (χ2n) is 7.08. The summed E-state index contributed by atoms with van der Waals surface area (Å²) in [5.41, 5.74) is 1.09. The maximum atomic E-state index is 6.05. The van der Waals surface area contributed by atoms with Crippen molar-refractivity contribution in [3.05, 3.63) is 42.4 Å². The van der Waals surface area contributed by atoms with Crippen LogP contribution < -0.4 is 10.6 Å². The molecule has 2 N–H and O–H groups in total. The molecule has 0 unspecified atom stereocenters. The summed E-state index contributed by atoms with van der Waals surface area (Å²) in [4.78, 5) is 9.05. The number of guanidine groups is 1. The molecule has 2 aromatic rings. The van der Waals surface area contributed by atoms with Crippen LogP contribution in [0, 0.1) is 0 Å². The molecule has 2 heterocycles. The number of aliphatic imine (C=N–C) groups is 1. The minimum Gasteiger partial charge on any atom is -0.376 e. The fourth-order valence-electron chi connectivity index (χ4n) is 3.40. The third kappa shape index (κ3) is 8.30. The average molecular weight is 512 g/mol. The van der Waals surface area contributed by atoms with Gasteiger partial charge in [-0.25, -0.2) is 14.7 Å². The fourth-order valence-corrected chi connectivity index (χ4v) is 3.40. The summed E-state index contributed by atoms with van der Waals surface area (Å²) in [5.74, 6) is 1.61. The van der Waals surface area contributed by atoms with Gasteiger partial charge in [-0.15, -0.1) is 24.0 Å². The molecule has 0 saturated heterocycles. The monoisotopic (exact) mass is 512 g/mol. The van der Waals surface area contributed by atoms with E-state index in [4.69, 9.17) is 4.74 Å². The molecule has 160 valence electrons. The van der Waals surface area contributed by atoms with Gasteiger partial charge in [0.1, 0.15) is 0 Å². The van der Waals surface area contributed by atoms with Crippen molar-refractivity contribution in [1.82, 2.24) is 25.4 Å². The van der Waals surface area contributed by atoms with Gasteiger partial charge in [-0.2, -0.15) is 5.10 Å². The maximum absolute atomic E-state index is 6.05. The predicted molar refractivity (Wildman–Crippen MR) is 127 cm³/mol. The van der Waals surface area contributed by atoms with Gasteiger partial charge in [-0.1, -0.05) is 25.7 Å². The van der Waals surface area contributed by atoms with Gasteiger partial charge in [-0.3, -0.25) is 0 Å². The molecule has 0 amide bonds. The van der Waals surface area contributed by atoms with Crippen LogP contribution in [0.5, 0.6) is 0 Å². The van der Waals surface area contributed by atoms with Crippen LogP contribution in [0.15, 0.2) is 41.8 Å². The van der Waals surface area contributed by atoms with Gasteiger partial charge in [-0.05, 0) is 43.5 Å². The van der Waals surface area contributed by atoms with Gasteiger partial charge >= 0.3 is 0 Å². The van der Waals surface area contributed by atoms with Crippen molar-refractivity contribution in [1.29, 1.82) is 0 Å². The second-order valence-corrected chi connectivity index (χ2v) is 7.08. The molecule has 0 aliphatic heterocycles. The lowest BCUT2D eigenvalue weighted by Gasteiger charge is -2.16. The molecule has 1 aliphatic carbocycles. The highest BCUT2D eigenvalue weighted by atomic mass is 127. The first kappa shape index (κ1) is 23.6. The van der Waals surface area contributed by atoms with E-state index in [2.05, 4.69) is 32.6 Å². The molecule has 0 atom stereocenters. The van der Waals surface area contributed by atoms with E-state index in [1.165, 1.54) is 38.5 Å². The van der Waals surface area contributed by atoms with Crippen molar-refractivity contribution in [3.63, 3.8) is 0 Å². The number of rotatable bonds is 8. The van der Waals surface area contributed by atoms with Crippen LogP contribution in [0.1, 0.15) is 51.0 Å². The number of halogens is 1. The Hall–Kier alpha value is -1.68. The van der Waals surface area contributed by atoms with Crippen molar-refractivity contribution in [3.8, 4) is 5.82 Å². The molecule has 1 saturated carbocycles. The molecule has 29 heavy (non-hydrogen) atoms. The largest absolute Gasteiger partial charge is 0.376 e. The first-order chi connectivity index (χ1) is 13.8. The third-order valence-corrected chi connectivity index (χ3v) is 4.86. The summed E-state index contributed by atoms with van der Waals surface area (Å²) in [5, 5.41) is 10.9. The normalized spacial score (nSPS) is 15.4. The number of ether oxygens (including phenoxy) is 1. The minimum atomic E-state index is 0. The first-order valence-electron chi connectivity index (χ1n) is 10.4. The van der Waals surface area contributed by atoms with Crippen LogP contribution in [-0.2, 0) is 11.3 Å². The van der Waals surface area contributed by atoms with Gasteiger partial charge in [0, 0.05) is 31.7 Å². The summed E-state index contributed by atoms with van der Waals surface area (Å²) in [7, 11) is 0. The lowest BCUT2D eigenvalue weighted by atomic mass is 10.1. The van der Waals surface area contributed by atoms with Crippen molar-refractivity contribution in [2.45, 2.75) is 58.1 Å². The quantitative estimate of drug-likeness (QED) is 0.186. The fraction of sp³-hybridized carbons (Fsp3) is 0.571. The van der Waals surface area contributed by atoms with Crippen molar-refractivity contribution < 1.29 is 4.74 Å². The Morgan fingerprint density at radius 2 is 2.03 bits per heavy atom. The van der Waals surface area contributed by atoms with Crippen LogP contribution in [0.25, 0.3) is 5.82 Å². The van der Waals surface area contributed by atoms with Gasteiger partial charge in [0.2, 0.25) is 0 Å². The van der Waals surface area contributed by atoms with Crippen LogP contribution in [0.3, 0.4) is 0 Å². The zero-order valence-electron chi connectivity index (χ0n) is 17.2. The zero-order valence-corrected chi connectivity index (χ0v) is 19.5. The SMILES string of the molecule is CCNC(=NCc1ccnc(-n2cccn2)c1)NCCOC1CCCCCC1.I. The predicted octanol–water partition coefficient (Wildman–Crippen LogP) is 3.68. The van der Waals surface area contributed by atoms with E-state index in [1.807, 2.05) is 24.4 Å². The molecular weight excluding hydrogens is 479 g/mol. The van der Waals surface area contributed by atoms with E-state index in [0.29, 0.717) is 19.3 Å². The molecule has 1 aliphatic rings. The van der Waals surface area contributed by atoms with E-state index in [9.17, 15) is 0 Å². The molecule has 3 rings (SSSR count). The zero-order chi connectivity index (χ0) is 19.4. The average Bonchev–Trinajstić information content (AvgIpc) is 3.14. The van der Waals surface area contributed by atoms with Gasteiger partial charge in [0.15, 0.2) is 11.8 Å². The summed E-state index contributed by atoms with van der Waals surface area (Å²) in [6.07, 6.45) is 13.6. The van der Waals surface area contributed by atoms with Crippen LogP contribution in [0.4, 0.5) is 0 Å². The minimum absolute atomic E-state index is 0. The van der Waals surface area contributed by atoms with Crippen LogP contribution in [-0.4, -0.2) is 46.5 Å². The van der Waals surface area contributed by atoms with Gasteiger partial charge in [0.05, 0.1) is 19.3 Å². The Bertz CT molecular complexity index is 714. The molecule has 0 aromatic carbocycles. The van der Waals surface area contributed by atoms with Crippen molar-refractivity contribution in [2.24, 2.45) is 4.99 Å². The second kappa shape index (κ2) is 13.5. The Morgan fingerprint density at radius 3 is 2.76 bits per heavy atom. The Labute approximate surface area is 190 Å².